The Morgan fingerprint density at radius 1 is 1.00 bits per heavy atom. The van der Waals surface area contributed by atoms with Crippen LogP contribution in [-0.2, 0) is 11.4 Å². The van der Waals surface area contributed by atoms with Crippen molar-refractivity contribution in [2.75, 3.05) is 11.7 Å². The topological polar surface area (TPSA) is 48.0 Å². The third-order valence-electron chi connectivity index (χ3n) is 4.85. The molecule has 0 aromatic heterocycles. The highest BCUT2D eigenvalue weighted by Crippen LogP contribution is 2.41. The Morgan fingerprint density at radius 2 is 1.77 bits per heavy atom. The average Bonchev–Trinajstić information content (AvgIpc) is 3.37. The molecule has 2 aliphatic rings. The highest BCUT2D eigenvalue weighted by atomic mass is 32.2. The zero-order chi connectivity index (χ0) is 21.2. The van der Waals surface area contributed by atoms with E-state index in [1.807, 2.05) is 60.7 Å². The summed E-state index contributed by atoms with van der Waals surface area (Å²) in [6.45, 7) is 0.626. The van der Waals surface area contributed by atoms with E-state index >= 15 is 0 Å². The van der Waals surface area contributed by atoms with Gasteiger partial charge in [-0.05, 0) is 29.8 Å². The van der Waals surface area contributed by atoms with E-state index in [2.05, 4.69) is 0 Å². The Hall–Kier alpha value is -3.29. The molecule has 5 nitrogen and oxygen atoms in total. The van der Waals surface area contributed by atoms with Gasteiger partial charge in [0.25, 0.3) is 5.91 Å². The summed E-state index contributed by atoms with van der Waals surface area (Å²) in [4.78, 5) is 15.2. The smallest absolute Gasteiger partial charge is 0.270 e. The van der Waals surface area contributed by atoms with Gasteiger partial charge in [0.1, 0.15) is 12.4 Å². The monoisotopic (exact) mass is 447 g/mol. The second kappa shape index (κ2) is 8.45. The second-order valence-electron chi connectivity index (χ2n) is 6.87. The lowest BCUT2D eigenvalue weighted by molar-refractivity contribution is -0.113. The molecular formula is C24H17NO4S2. The first-order valence-electron chi connectivity index (χ1n) is 9.62. The molecule has 2 aliphatic heterocycles. The number of benzene rings is 3. The molecule has 0 bridgehead atoms. The molecule has 31 heavy (non-hydrogen) atoms. The molecule has 2 heterocycles. The molecule has 1 amide bonds. The van der Waals surface area contributed by atoms with Crippen LogP contribution in [0.4, 0.5) is 5.69 Å². The van der Waals surface area contributed by atoms with Crippen molar-refractivity contribution < 1.29 is 19.0 Å². The normalized spacial score (nSPS) is 16.3. The van der Waals surface area contributed by atoms with E-state index < -0.39 is 0 Å². The Labute approximate surface area is 189 Å². The van der Waals surface area contributed by atoms with Crippen LogP contribution in [0.5, 0.6) is 17.2 Å². The lowest BCUT2D eigenvalue weighted by Gasteiger charge is -2.14. The number of hydrogen-bond donors (Lipinski definition) is 0. The zero-order valence-corrected chi connectivity index (χ0v) is 17.9. The predicted molar refractivity (Wildman–Crippen MR) is 125 cm³/mol. The van der Waals surface area contributed by atoms with Crippen LogP contribution in [-0.4, -0.2) is 17.0 Å². The van der Waals surface area contributed by atoms with Crippen molar-refractivity contribution in [3.8, 4) is 17.2 Å². The van der Waals surface area contributed by atoms with E-state index in [0.29, 0.717) is 38.8 Å². The lowest BCUT2D eigenvalue weighted by atomic mass is 10.1. The van der Waals surface area contributed by atoms with E-state index in [4.69, 9.17) is 26.4 Å². The Balaban J connectivity index is 1.39. The Bertz CT molecular complexity index is 1190. The van der Waals surface area contributed by atoms with Crippen molar-refractivity contribution in [3.63, 3.8) is 0 Å². The quantitative estimate of drug-likeness (QED) is 0.386. The molecule has 0 unspecified atom stereocenters. The van der Waals surface area contributed by atoms with Crippen LogP contribution >= 0.6 is 24.0 Å². The number of ether oxygens (including phenoxy) is 3. The Morgan fingerprint density at radius 3 is 2.65 bits per heavy atom. The lowest BCUT2D eigenvalue weighted by Crippen LogP contribution is -2.27. The SMILES string of the molecule is O=C1/C(=C\c2ccccc2OCc2ccccc2)SC(=S)N1c1ccc2c(c1)OCO2. The van der Waals surface area contributed by atoms with E-state index in [-0.39, 0.29) is 12.7 Å². The number of fused-ring (bicyclic) bond motifs is 1. The Kier molecular flexibility index (Phi) is 5.36. The molecule has 0 aliphatic carbocycles. The van der Waals surface area contributed by atoms with Crippen LogP contribution in [0.25, 0.3) is 6.08 Å². The second-order valence-corrected chi connectivity index (χ2v) is 8.54. The molecule has 0 radical (unpaired) electrons. The maximum Gasteiger partial charge on any atom is 0.270 e. The molecular weight excluding hydrogens is 430 g/mol. The highest BCUT2D eigenvalue weighted by molar-refractivity contribution is 8.27. The van der Waals surface area contributed by atoms with Gasteiger partial charge in [0.2, 0.25) is 6.79 Å². The first kappa shape index (κ1) is 19.7. The fourth-order valence-corrected chi connectivity index (χ4v) is 4.61. The number of carbonyl (C=O) groups is 1. The molecule has 1 saturated heterocycles. The van der Waals surface area contributed by atoms with Gasteiger partial charge in [-0.3, -0.25) is 9.69 Å². The van der Waals surface area contributed by atoms with Crippen molar-refractivity contribution in [2.24, 2.45) is 0 Å². The maximum absolute atomic E-state index is 13.1. The molecule has 3 aromatic rings. The van der Waals surface area contributed by atoms with Crippen LogP contribution in [0.3, 0.4) is 0 Å². The minimum atomic E-state index is -0.174. The number of thiocarbonyl (C=S) groups is 1. The fourth-order valence-electron chi connectivity index (χ4n) is 3.32. The number of anilines is 1. The molecule has 5 rings (SSSR count). The van der Waals surface area contributed by atoms with Gasteiger partial charge in [-0.2, -0.15) is 0 Å². The van der Waals surface area contributed by atoms with Crippen molar-refractivity contribution in [1.29, 1.82) is 0 Å². The molecule has 3 aromatic carbocycles. The maximum atomic E-state index is 13.1. The number of nitrogens with zero attached hydrogens (tertiary/aromatic N) is 1. The van der Waals surface area contributed by atoms with Crippen LogP contribution < -0.4 is 19.1 Å². The third kappa shape index (κ3) is 4.02. The summed E-state index contributed by atoms with van der Waals surface area (Å²) in [5.41, 5.74) is 2.56. The number of hydrogen-bond acceptors (Lipinski definition) is 6. The van der Waals surface area contributed by atoms with E-state index in [9.17, 15) is 4.79 Å². The molecule has 7 heteroatoms. The largest absolute Gasteiger partial charge is 0.488 e. The van der Waals surface area contributed by atoms with E-state index in [0.717, 1.165) is 11.1 Å². The van der Waals surface area contributed by atoms with Crippen LogP contribution in [0.2, 0.25) is 0 Å². The van der Waals surface area contributed by atoms with Crippen molar-refractivity contribution in [3.05, 3.63) is 88.8 Å². The minimum Gasteiger partial charge on any atom is -0.488 e. The fraction of sp³-hybridized carbons (Fsp3) is 0.0833. The van der Waals surface area contributed by atoms with Gasteiger partial charge in [-0.25, -0.2) is 0 Å². The van der Waals surface area contributed by atoms with Crippen LogP contribution in [0.15, 0.2) is 77.7 Å². The highest BCUT2D eigenvalue weighted by Gasteiger charge is 2.34. The van der Waals surface area contributed by atoms with Crippen molar-refractivity contribution in [1.82, 2.24) is 0 Å². The number of thioether (sulfide) groups is 1. The number of rotatable bonds is 5. The van der Waals surface area contributed by atoms with Gasteiger partial charge < -0.3 is 14.2 Å². The molecule has 0 atom stereocenters. The summed E-state index contributed by atoms with van der Waals surface area (Å²) in [5, 5.41) is 0. The number of carbonyl (C=O) groups excluding carboxylic acids is 1. The van der Waals surface area contributed by atoms with Gasteiger partial charge in [0, 0.05) is 11.6 Å². The minimum absolute atomic E-state index is 0.174. The van der Waals surface area contributed by atoms with Gasteiger partial charge >= 0.3 is 0 Å². The van der Waals surface area contributed by atoms with Crippen LogP contribution in [0.1, 0.15) is 11.1 Å². The predicted octanol–water partition coefficient (Wildman–Crippen LogP) is 5.40. The zero-order valence-electron chi connectivity index (χ0n) is 16.3. The molecule has 0 spiro atoms. The van der Waals surface area contributed by atoms with Gasteiger partial charge in [0.05, 0.1) is 10.6 Å². The average molecular weight is 448 g/mol. The first-order valence-corrected chi connectivity index (χ1v) is 10.8. The summed E-state index contributed by atoms with van der Waals surface area (Å²) >= 11 is 6.76. The van der Waals surface area contributed by atoms with Crippen molar-refractivity contribution >= 4 is 46.0 Å². The summed E-state index contributed by atoms with van der Waals surface area (Å²) < 4.78 is 17.3. The number of amides is 1. The molecule has 0 saturated carbocycles. The van der Waals surface area contributed by atoms with Gasteiger partial charge in [-0.1, -0.05) is 72.5 Å². The van der Waals surface area contributed by atoms with E-state index in [1.165, 1.54) is 16.7 Å². The summed E-state index contributed by atoms with van der Waals surface area (Å²) in [6, 6.07) is 23.0. The number of para-hydroxylation sites is 1. The molecule has 1 fully saturated rings. The molecule has 0 N–H and O–H groups in total. The van der Waals surface area contributed by atoms with Crippen molar-refractivity contribution in [2.45, 2.75) is 6.61 Å². The summed E-state index contributed by atoms with van der Waals surface area (Å²) in [6.07, 6.45) is 1.83. The molecule has 154 valence electrons. The van der Waals surface area contributed by atoms with E-state index in [1.54, 1.807) is 18.2 Å². The van der Waals surface area contributed by atoms with Gasteiger partial charge in [0.15, 0.2) is 15.8 Å². The summed E-state index contributed by atoms with van der Waals surface area (Å²) in [7, 11) is 0. The first-order chi connectivity index (χ1) is 15.2. The summed E-state index contributed by atoms with van der Waals surface area (Å²) in [5.74, 6) is 1.80. The third-order valence-corrected chi connectivity index (χ3v) is 6.15. The van der Waals surface area contributed by atoms with Crippen LogP contribution in [0, 0.1) is 0 Å². The van der Waals surface area contributed by atoms with Gasteiger partial charge in [-0.15, -0.1) is 0 Å². The standard InChI is InChI=1S/C24H17NO4S2/c26-23-22(31-24(30)25(23)18-10-11-20-21(13-18)29-15-28-20)12-17-8-4-5-9-19(17)27-14-16-6-2-1-3-7-16/h1-13H,14-15H2/b22-12+.